The van der Waals surface area contributed by atoms with Crippen molar-refractivity contribution < 1.29 is 19.1 Å². The van der Waals surface area contributed by atoms with Crippen LogP contribution in [0.3, 0.4) is 0 Å². The van der Waals surface area contributed by atoms with Gasteiger partial charge in [0.15, 0.2) is 0 Å². The van der Waals surface area contributed by atoms with Crippen LogP contribution in [-0.2, 0) is 9.53 Å². The van der Waals surface area contributed by atoms with Crippen molar-refractivity contribution in [2.75, 3.05) is 5.32 Å². The molecule has 9 nitrogen and oxygen atoms in total. The average Bonchev–Trinajstić information content (AvgIpc) is 2.59. The predicted molar refractivity (Wildman–Crippen MR) is 100 cm³/mol. The van der Waals surface area contributed by atoms with E-state index in [2.05, 4.69) is 21.2 Å². The van der Waals surface area contributed by atoms with E-state index >= 15 is 0 Å². The number of nitrogens with one attached hydrogen (secondary N) is 3. The lowest BCUT2D eigenvalue weighted by atomic mass is 9.87. The zero-order valence-corrected chi connectivity index (χ0v) is 16.0. The molecule has 0 bridgehead atoms. The van der Waals surface area contributed by atoms with E-state index in [-0.39, 0.29) is 34.7 Å². The molecule has 0 spiro atoms. The number of primary amides is 1. The molecule has 1 saturated carbocycles. The molecule has 0 aliphatic heterocycles. The fourth-order valence-corrected chi connectivity index (χ4v) is 3.09. The summed E-state index contributed by atoms with van der Waals surface area (Å²) in [6.45, 7) is 3.85. The van der Waals surface area contributed by atoms with Gasteiger partial charge in [0.2, 0.25) is 5.91 Å². The quantitative estimate of drug-likeness (QED) is 0.443. The molecule has 1 aliphatic rings. The van der Waals surface area contributed by atoms with Crippen LogP contribution in [0.25, 0.3) is 0 Å². The third-order valence-electron chi connectivity index (χ3n) is 4.19. The van der Waals surface area contributed by atoms with Crippen molar-refractivity contribution in [1.29, 1.82) is 0 Å². The number of nitrogens with zero attached hydrogens (tertiary/aromatic N) is 1. The number of carbonyl (C=O) groups excluding carboxylic acids is 3. The Hall–Kier alpha value is -2.55. The van der Waals surface area contributed by atoms with Gasteiger partial charge >= 0.3 is 6.09 Å². The van der Waals surface area contributed by atoms with Crippen LogP contribution in [0.4, 0.5) is 10.5 Å². The van der Waals surface area contributed by atoms with Crippen LogP contribution >= 0.6 is 11.6 Å². The third-order valence-corrected chi connectivity index (χ3v) is 4.39. The molecule has 0 atom stereocenters. The number of hydrogen-bond acceptors (Lipinski definition) is 6. The van der Waals surface area contributed by atoms with Gasteiger partial charge in [0.05, 0.1) is 11.3 Å². The summed E-state index contributed by atoms with van der Waals surface area (Å²) in [4.78, 5) is 39.3. The van der Waals surface area contributed by atoms with E-state index < -0.39 is 12.0 Å². The van der Waals surface area contributed by atoms with E-state index in [4.69, 9.17) is 22.1 Å². The van der Waals surface area contributed by atoms with Crippen LogP contribution in [0.5, 0.6) is 0 Å². The van der Waals surface area contributed by atoms with Crippen LogP contribution < -0.4 is 21.9 Å². The highest BCUT2D eigenvalue weighted by atomic mass is 35.5. The van der Waals surface area contributed by atoms with Crippen molar-refractivity contribution >= 4 is 35.2 Å². The van der Waals surface area contributed by atoms with E-state index in [1.54, 1.807) is 6.07 Å². The highest BCUT2D eigenvalue weighted by Crippen LogP contribution is 2.26. The Bertz CT molecular complexity index is 705. The number of rotatable bonds is 5. The molecule has 1 aromatic rings. The zero-order chi connectivity index (χ0) is 20.0. The number of hydrogen-bond donors (Lipinski definition) is 4. The Labute approximate surface area is 162 Å². The number of halogens is 1. The van der Waals surface area contributed by atoms with E-state index in [0.717, 1.165) is 0 Å². The Balaban J connectivity index is 1.89. The molecule has 5 N–H and O–H groups in total. The number of carbonyl (C=O) groups is 3. The zero-order valence-electron chi connectivity index (χ0n) is 15.3. The van der Waals surface area contributed by atoms with Crippen molar-refractivity contribution in [1.82, 2.24) is 15.8 Å². The lowest BCUT2D eigenvalue weighted by Gasteiger charge is -2.27. The minimum atomic E-state index is -0.808. The monoisotopic (exact) mass is 397 g/mol. The first kappa shape index (κ1) is 20.8. The normalized spacial score (nSPS) is 19.3. The van der Waals surface area contributed by atoms with Crippen molar-refractivity contribution in [3.8, 4) is 0 Å². The van der Waals surface area contributed by atoms with Crippen LogP contribution in [0.15, 0.2) is 12.3 Å². The molecule has 2 rings (SSSR count). The molecule has 148 valence electrons. The van der Waals surface area contributed by atoms with E-state index in [1.807, 2.05) is 13.8 Å². The molecule has 27 heavy (non-hydrogen) atoms. The van der Waals surface area contributed by atoms with Crippen molar-refractivity contribution in [2.24, 2.45) is 11.7 Å². The fourth-order valence-electron chi connectivity index (χ4n) is 2.94. The number of anilines is 1. The first-order valence-electron chi connectivity index (χ1n) is 8.74. The van der Waals surface area contributed by atoms with Crippen molar-refractivity contribution in [3.05, 3.63) is 23.0 Å². The van der Waals surface area contributed by atoms with Crippen molar-refractivity contribution in [2.45, 2.75) is 51.7 Å². The molecule has 1 aromatic heterocycles. The van der Waals surface area contributed by atoms with Crippen LogP contribution in [-0.4, -0.2) is 35.0 Å². The average molecular weight is 398 g/mol. The van der Waals surface area contributed by atoms with Gasteiger partial charge in [0.1, 0.15) is 11.3 Å². The topological polar surface area (TPSA) is 135 Å². The maximum absolute atomic E-state index is 12.4. The number of ether oxygens (including phenoxy) is 1. The summed E-state index contributed by atoms with van der Waals surface area (Å²) in [5, 5.41) is 3.37. The molecule has 1 heterocycles. The van der Waals surface area contributed by atoms with E-state index in [1.165, 1.54) is 6.20 Å². The second kappa shape index (κ2) is 9.40. The maximum Gasteiger partial charge on any atom is 0.404 e. The second-order valence-corrected chi connectivity index (χ2v) is 7.09. The molecule has 0 unspecified atom stereocenters. The molecule has 0 radical (unpaired) electrons. The summed E-state index contributed by atoms with van der Waals surface area (Å²) in [5.74, 6) is -1.06. The lowest BCUT2D eigenvalue weighted by molar-refractivity contribution is -0.127. The number of amides is 3. The summed E-state index contributed by atoms with van der Waals surface area (Å²) in [5.41, 5.74) is 10.6. The Morgan fingerprint density at radius 1 is 1.22 bits per heavy atom. The second-order valence-electron chi connectivity index (χ2n) is 6.71. The summed E-state index contributed by atoms with van der Waals surface area (Å²) in [6, 6.07) is 1.64. The van der Waals surface area contributed by atoms with Crippen LogP contribution in [0.1, 0.15) is 49.9 Å². The van der Waals surface area contributed by atoms with Gasteiger partial charge in [-0.05, 0) is 45.6 Å². The van der Waals surface area contributed by atoms with Crippen LogP contribution in [0.2, 0.25) is 5.15 Å². The van der Waals surface area contributed by atoms with Gasteiger partial charge < -0.3 is 15.8 Å². The first-order chi connectivity index (χ1) is 12.8. The molecule has 0 aromatic carbocycles. The van der Waals surface area contributed by atoms with Gasteiger partial charge in [-0.3, -0.25) is 20.4 Å². The fraction of sp³-hybridized carbons (Fsp3) is 0.529. The van der Waals surface area contributed by atoms with E-state index in [0.29, 0.717) is 31.4 Å². The summed E-state index contributed by atoms with van der Waals surface area (Å²) >= 11 is 5.89. The Kier molecular flexibility index (Phi) is 7.23. The molecule has 1 fully saturated rings. The summed E-state index contributed by atoms with van der Waals surface area (Å²) in [7, 11) is 0. The minimum Gasteiger partial charge on any atom is -0.446 e. The summed E-state index contributed by atoms with van der Waals surface area (Å²) in [6.07, 6.45) is 2.48. The molecular formula is C17H24ClN5O4. The number of hydrazine groups is 1. The van der Waals surface area contributed by atoms with Gasteiger partial charge in [-0.1, -0.05) is 11.6 Å². The molecule has 1 aliphatic carbocycles. The molecule has 3 amide bonds. The number of pyridine rings is 1. The van der Waals surface area contributed by atoms with Gasteiger partial charge in [0.25, 0.3) is 5.91 Å². The van der Waals surface area contributed by atoms with Gasteiger partial charge in [-0.15, -0.1) is 0 Å². The smallest absolute Gasteiger partial charge is 0.404 e. The number of nitrogens with two attached hydrogens (primary N) is 1. The maximum atomic E-state index is 12.4. The standard InChI is InChI=1S/C17H24ClN5O4/c1-9(2)21-13-7-14(18)20-8-12(13)16(25)23-22-15(24)10-3-5-11(6-4-10)27-17(19)26/h7-11H,3-6H2,1-2H3,(H2,19,26)(H,20,21)(H,22,24)(H,23,25). The Morgan fingerprint density at radius 2 is 1.89 bits per heavy atom. The lowest BCUT2D eigenvalue weighted by Crippen LogP contribution is -2.46. The molecular weight excluding hydrogens is 374 g/mol. The van der Waals surface area contributed by atoms with Crippen molar-refractivity contribution in [3.63, 3.8) is 0 Å². The minimum absolute atomic E-state index is 0.0856. The predicted octanol–water partition coefficient (Wildman–Crippen LogP) is 1.97. The van der Waals surface area contributed by atoms with Crippen LogP contribution in [0, 0.1) is 5.92 Å². The first-order valence-corrected chi connectivity index (χ1v) is 9.12. The van der Waals surface area contributed by atoms with Gasteiger partial charge in [0, 0.05) is 18.2 Å². The summed E-state index contributed by atoms with van der Waals surface area (Å²) < 4.78 is 4.94. The van der Waals surface area contributed by atoms with Gasteiger partial charge in [-0.2, -0.15) is 0 Å². The molecule has 10 heteroatoms. The Morgan fingerprint density at radius 3 is 2.48 bits per heavy atom. The highest BCUT2D eigenvalue weighted by molar-refractivity contribution is 6.29. The molecule has 0 saturated heterocycles. The number of aromatic nitrogens is 1. The highest BCUT2D eigenvalue weighted by Gasteiger charge is 2.28. The SMILES string of the molecule is CC(C)Nc1cc(Cl)ncc1C(=O)NNC(=O)C1CCC(OC(N)=O)CC1. The van der Waals surface area contributed by atoms with Gasteiger partial charge in [-0.25, -0.2) is 9.78 Å². The van der Waals surface area contributed by atoms with E-state index in [9.17, 15) is 14.4 Å². The third kappa shape index (κ3) is 6.28. The largest absolute Gasteiger partial charge is 0.446 e.